The Balaban J connectivity index is 1.79. The van der Waals surface area contributed by atoms with Gasteiger partial charge in [0.25, 0.3) is 0 Å². The van der Waals surface area contributed by atoms with Gasteiger partial charge in [0.15, 0.2) is 0 Å². The number of hydrogen-bond donors (Lipinski definition) is 1. The molecule has 1 aromatic heterocycles. The molecule has 3 rings (SSSR count). The average Bonchev–Trinajstić information content (AvgIpc) is 3.22. The molecule has 0 aliphatic rings. The zero-order chi connectivity index (χ0) is 24.7. The maximum Gasteiger partial charge on any atom is 0.242 e. The van der Waals surface area contributed by atoms with Crippen molar-refractivity contribution in [3.05, 3.63) is 71.4 Å². The third-order valence-corrected chi connectivity index (χ3v) is 5.99. The lowest BCUT2D eigenvalue weighted by molar-refractivity contribution is -0.146. The third kappa shape index (κ3) is 6.70. The number of nitrogens with one attached hydrogen (secondary N) is 1. The smallest absolute Gasteiger partial charge is 0.242 e. The first-order chi connectivity index (χ1) is 16.2. The van der Waals surface area contributed by atoms with Gasteiger partial charge in [-0.2, -0.15) is 0 Å². The number of hydrogen-bond acceptors (Lipinski definition) is 3. The van der Waals surface area contributed by atoms with Crippen molar-refractivity contribution in [1.29, 1.82) is 0 Å². The monoisotopic (exact) mass is 463 g/mol. The Labute approximate surface area is 202 Å². The van der Waals surface area contributed by atoms with E-state index in [1.54, 1.807) is 12.0 Å². The molecule has 182 valence electrons. The van der Waals surface area contributed by atoms with E-state index in [0.717, 1.165) is 17.5 Å². The highest BCUT2D eigenvalue weighted by Crippen LogP contribution is 2.20. The molecule has 0 saturated carbocycles. The zero-order valence-electron chi connectivity index (χ0n) is 21.1. The third-order valence-electron chi connectivity index (χ3n) is 5.99. The lowest BCUT2D eigenvalue weighted by atomic mass is 9.94. The van der Waals surface area contributed by atoms with E-state index in [0.29, 0.717) is 26.2 Å². The predicted octanol–water partition coefficient (Wildman–Crippen LogP) is 4.57. The molecule has 0 unspecified atom stereocenters. The molecule has 0 fully saturated rings. The Morgan fingerprint density at radius 2 is 1.68 bits per heavy atom. The van der Waals surface area contributed by atoms with Gasteiger partial charge in [0.2, 0.25) is 11.8 Å². The fraction of sp³-hybridized carbons (Fsp3) is 0.429. The van der Waals surface area contributed by atoms with Crippen molar-refractivity contribution in [1.82, 2.24) is 14.8 Å². The quantitative estimate of drug-likeness (QED) is 0.479. The number of rotatable bonds is 10. The van der Waals surface area contributed by atoms with Crippen molar-refractivity contribution in [2.45, 2.75) is 40.7 Å². The van der Waals surface area contributed by atoms with Crippen molar-refractivity contribution in [3.63, 3.8) is 0 Å². The minimum absolute atomic E-state index is 0.0409. The molecule has 0 radical (unpaired) electrons. The summed E-state index contributed by atoms with van der Waals surface area (Å²) in [5.74, 6) is -0.112. The van der Waals surface area contributed by atoms with Gasteiger partial charge in [-0.3, -0.25) is 9.59 Å². The Kier molecular flexibility index (Phi) is 8.51. The number of aryl methyl sites for hydroxylation is 1. The summed E-state index contributed by atoms with van der Waals surface area (Å²) in [6.07, 6.45) is 2.75. The summed E-state index contributed by atoms with van der Waals surface area (Å²) in [6.45, 7) is 9.57. The molecule has 0 saturated heterocycles. The number of ether oxygens (including phenoxy) is 1. The second kappa shape index (κ2) is 11.3. The SMILES string of the molecule is COCCN(CC(=O)N(CCc1c[nH]c2ccccc12)Cc1ccc(C)cc1)C(=O)C(C)(C)C. The van der Waals surface area contributed by atoms with Crippen LogP contribution in [0.2, 0.25) is 0 Å². The molecule has 2 aromatic carbocycles. The number of nitrogens with zero attached hydrogens (tertiary/aromatic N) is 2. The summed E-state index contributed by atoms with van der Waals surface area (Å²) in [5.41, 5.74) is 3.96. The van der Waals surface area contributed by atoms with E-state index in [1.807, 2.05) is 44.0 Å². The van der Waals surface area contributed by atoms with Crippen LogP contribution in [0.25, 0.3) is 10.9 Å². The van der Waals surface area contributed by atoms with E-state index in [4.69, 9.17) is 4.74 Å². The molecule has 3 aromatic rings. The summed E-state index contributed by atoms with van der Waals surface area (Å²) >= 11 is 0. The topological polar surface area (TPSA) is 65.6 Å². The molecule has 1 heterocycles. The van der Waals surface area contributed by atoms with Crippen molar-refractivity contribution in [3.8, 4) is 0 Å². The first-order valence-electron chi connectivity index (χ1n) is 11.9. The summed E-state index contributed by atoms with van der Waals surface area (Å²) in [6, 6.07) is 16.4. The molecule has 0 aliphatic heterocycles. The molecule has 0 bridgehead atoms. The molecule has 2 amide bonds. The fourth-order valence-electron chi connectivity index (χ4n) is 3.99. The van der Waals surface area contributed by atoms with Gasteiger partial charge in [0, 0.05) is 49.3 Å². The first kappa shape index (κ1) is 25.5. The highest BCUT2D eigenvalue weighted by Gasteiger charge is 2.29. The van der Waals surface area contributed by atoms with Crippen LogP contribution in [-0.2, 0) is 27.3 Å². The lowest BCUT2D eigenvalue weighted by Gasteiger charge is -2.31. The zero-order valence-corrected chi connectivity index (χ0v) is 21.1. The number of aromatic nitrogens is 1. The number of aromatic amines is 1. The van der Waals surface area contributed by atoms with Crippen LogP contribution >= 0.6 is 0 Å². The summed E-state index contributed by atoms with van der Waals surface area (Å²) in [7, 11) is 1.60. The minimum Gasteiger partial charge on any atom is -0.383 e. The van der Waals surface area contributed by atoms with Gasteiger partial charge in [-0.05, 0) is 30.5 Å². The molecule has 0 spiro atoms. The Bertz CT molecular complexity index is 1100. The van der Waals surface area contributed by atoms with Crippen LogP contribution in [0.3, 0.4) is 0 Å². The molecule has 0 aliphatic carbocycles. The summed E-state index contributed by atoms with van der Waals surface area (Å²) in [5, 5.41) is 1.18. The Morgan fingerprint density at radius 1 is 0.971 bits per heavy atom. The maximum atomic E-state index is 13.5. The number of benzene rings is 2. The van der Waals surface area contributed by atoms with E-state index >= 15 is 0 Å². The number of methoxy groups -OCH3 is 1. The standard InChI is InChI=1S/C28H37N3O3/c1-21-10-12-22(13-11-21)19-30(15-14-23-18-29-25-9-7-6-8-24(23)25)26(32)20-31(16-17-34-5)27(33)28(2,3)4/h6-13,18,29H,14-17,19-20H2,1-5H3. The van der Waals surface area contributed by atoms with Crippen LogP contribution < -0.4 is 0 Å². The van der Waals surface area contributed by atoms with Crippen molar-refractivity contribution < 1.29 is 14.3 Å². The van der Waals surface area contributed by atoms with Crippen molar-refractivity contribution >= 4 is 22.7 Å². The van der Waals surface area contributed by atoms with Gasteiger partial charge in [0.05, 0.1) is 13.2 Å². The van der Waals surface area contributed by atoms with Crippen LogP contribution in [0, 0.1) is 12.3 Å². The molecule has 6 heteroatoms. The number of fused-ring (bicyclic) bond motifs is 1. The van der Waals surface area contributed by atoms with Gasteiger partial charge < -0.3 is 19.5 Å². The number of H-pyrrole nitrogens is 1. The van der Waals surface area contributed by atoms with Crippen molar-refractivity contribution in [2.24, 2.45) is 5.41 Å². The van der Waals surface area contributed by atoms with E-state index in [-0.39, 0.29) is 18.4 Å². The molecule has 1 N–H and O–H groups in total. The number of amides is 2. The van der Waals surface area contributed by atoms with Crippen LogP contribution in [0.15, 0.2) is 54.7 Å². The van der Waals surface area contributed by atoms with Crippen LogP contribution in [0.5, 0.6) is 0 Å². The van der Waals surface area contributed by atoms with Gasteiger partial charge in [-0.25, -0.2) is 0 Å². The second-order valence-corrected chi connectivity index (χ2v) is 9.88. The van der Waals surface area contributed by atoms with Crippen LogP contribution in [0.1, 0.15) is 37.5 Å². The van der Waals surface area contributed by atoms with Gasteiger partial charge in [0.1, 0.15) is 0 Å². The van der Waals surface area contributed by atoms with Crippen LogP contribution in [0.4, 0.5) is 0 Å². The Morgan fingerprint density at radius 3 is 2.35 bits per heavy atom. The van der Waals surface area contributed by atoms with Crippen molar-refractivity contribution in [2.75, 3.05) is 33.4 Å². The maximum absolute atomic E-state index is 13.5. The number of carbonyl (C=O) groups is 2. The Hall–Kier alpha value is -3.12. The van der Waals surface area contributed by atoms with Gasteiger partial charge in [-0.15, -0.1) is 0 Å². The fourth-order valence-corrected chi connectivity index (χ4v) is 3.99. The lowest BCUT2D eigenvalue weighted by Crippen LogP contribution is -2.47. The van der Waals surface area contributed by atoms with Gasteiger partial charge >= 0.3 is 0 Å². The molecule has 34 heavy (non-hydrogen) atoms. The van der Waals surface area contributed by atoms with E-state index < -0.39 is 5.41 Å². The number of para-hydroxylation sites is 1. The highest BCUT2D eigenvalue weighted by molar-refractivity contribution is 5.87. The average molecular weight is 464 g/mol. The highest BCUT2D eigenvalue weighted by atomic mass is 16.5. The predicted molar refractivity (Wildman–Crippen MR) is 137 cm³/mol. The van der Waals surface area contributed by atoms with E-state index in [2.05, 4.69) is 48.3 Å². The summed E-state index contributed by atoms with van der Waals surface area (Å²) in [4.78, 5) is 33.3. The van der Waals surface area contributed by atoms with Crippen LogP contribution in [-0.4, -0.2) is 59.9 Å². The van der Waals surface area contributed by atoms with E-state index in [1.165, 1.54) is 16.5 Å². The largest absolute Gasteiger partial charge is 0.383 e. The molecular formula is C28H37N3O3. The molecule has 6 nitrogen and oxygen atoms in total. The summed E-state index contributed by atoms with van der Waals surface area (Å²) < 4.78 is 5.20. The normalized spacial score (nSPS) is 11.6. The number of carbonyl (C=O) groups excluding carboxylic acids is 2. The second-order valence-electron chi connectivity index (χ2n) is 9.88. The molecular weight excluding hydrogens is 426 g/mol. The minimum atomic E-state index is -0.570. The van der Waals surface area contributed by atoms with E-state index in [9.17, 15) is 9.59 Å². The van der Waals surface area contributed by atoms with Gasteiger partial charge in [-0.1, -0.05) is 68.8 Å². The first-order valence-corrected chi connectivity index (χ1v) is 11.9. The molecule has 0 atom stereocenters.